The van der Waals surface area contributed by atoms with Crippen LogP contribution in [0.1, 0.15) is 31.2 Å². The number of aryl methyl sites for hydroxylation is 3. The topological polar surface area (TPSA) is 54.4 Å². The fourth-order valence-corrected chi connectivity index (χ4v) is 4.39. The number of carbonyl (C=O) groups is 1. The molecule has 1 aromatic heterocycles. The maximum Gasteiger partial charge on any atom is 0.345 e. The summed E-state index contributed by atoms with van der Waals surface area (Å²) in [6, 6.07) is 7.52. The summed E-state index contributed by atoms with van der Waals surface area (Å²) in [7, 11) is -1.15. The molecule has 2 aromatic rings. The van der Waals surface area contributed by atoms with Crippen molar-refractivity contribution in [3.05, 3.63) is 50.7 Å². The second-order valence-corrected chi connectivity index (χ2v) is 7.43. The molecule has 1 heterocycles. The van der Waals surface area contributed by atoms with Crippen LogP contribution in [0.25, 0.3) is 0 Å². The van der Waals surface area contributed by atoms with Gasteiger partial charge in [-0.3, -0.25) is 4.21 Å². The first kappa shape index (κ1) is 14.9. The second-order valence-electron chi connectivity index (χ2n) is 4.76. The van der Waals surface area contributed by atoms with Crippen LogP contribution >= 0.6 is 11.3 Å². The van der Waals surface area contributed by atoms with Gasteiger partial charge >= 0.3 is 5.97 Å². The summed E-state index contributed by atoms with van der Waals surface area (Å²) in [5.74, 6) is -0.568. The Hall–Kier alpha value is -1.46. The van der Waals surface area contributed by atoms with Gasteiger partial charge in [-0.25, -0.2) is 4.79 Å². The van der Waals surface area contributed by atoms with E-state index in [0.29, 0.717) is 10.6 Å². The van der Waals surface area contributed by atoms with Crippen molar-refractivity contribution in [2.24, 2.45) is 0 Å². The average Bonchev–Trinajstić information content (AvgIpc) is 2.74. The Morgan fingerprint density at radius 2 is 1.95 bits per heavy atom. The van der Waals surface area contributed by atoms with Gasteiger partial charge in [-0.05, 0) is 49.6 Å². The highest BCUT2D eigenvalue weighted by Gasteiger charge is 2.15. The van der Waals surface area contributed by atoms with Crippen LogP contribution < -0.4 is 0 Å². The summed E-state index contributed by atoms with van der Waals surface area (Å²) >= 11 is 1.23. The molecule has 0 saturated carbocycles. The maximum atomic E-state index is 12.5. The highest BCUT2D eigenvalue weighted by Crippen LogP contribution is 2.25. The summed E-state index contributed by atoms with van der Waals surface area (Å²) in [4.78, 5) is 13.0. The predicted octanol–water partition coefficient (Wildman–Crippen LogP) is 3.68. The summed E-state index contributed by atoms with van der Waals surface area (Å²) in [6.07, 6.45) is 0. The highest BCUT2D eigenvalue weighted by molar-refractivity contribution is 7.84. The van der Waals surface area contributed by atoms with Crippen molar-refractivity contribution in [3.8, 4) is 0 Å². The fraction of sp³-hybridized carbons (Fsp3) is 0.267. The van der Waals surface area contributed by atoms with E-state index in [0.717, 1.165) is 26.5 Å². The van der Waals surface area contributed by atoms with E-state index in [9.17, 15) is 9.00 Å². The van der Waals surface area contributed by atoms with E-state index < -0.39 is 16.8 Å². The largest absolute Gasteiger partial charge is 0.477 e. The Balaban J connectivity index is 2.28. The van der Waals surface area contributed by atoms with Crippen LogP contribution in [0, 0.1) is 20.8 Å². The van der Waals surface area contributed by atoms with Crippen LogP contribution in [0.2, 0.25) is 0 Å². The van der Waals surface area contributed by atoms with E-state index in [2.05, 4.69) is 0 Å². The minimum atomic E-state index is -1.15. The van der Waals surface area contributed by atoms with Gasteiger partial charge in [0.1, 0.15) is 4.88 Å². The summed E-state index contributed by atoms with van der Waals surface area (Å²) in [6.45, 7) is 5.78. The molecule has 0 fully saturated rings. The maximum absolute atomic E-state index is 12.5. The van der Waals surface area contributed by atoms with E-state index in [1.807, 2.05) is 39.0 Å². The smallest absolute Gasteiger partial charge is 0.345 e. The predicted molar refractivity (Wildman–Crippen MR) is 82.0 cm³/mol. The zero-order valence-corrected chi connectivity index (χ0v) is 13.2. The van der Waals surface area contributed by atoms with Gasteiger partial charge in [-0.1, -0.05) is 12.1 Å². The minimum absolute atomic E-state index is 0.301. The number of benzene rings is 1. The van der Waals surface area contributed by atoms with Crippen molar-refractivity contribution in [2.45, 2.75) is 31.4 Å². The molecule has 0 aliphatic heterocycles. The number of carboxylic acid groups (broad SMARTS) is 1. The Bertz CT molecular complexity index is 686. The Morgan fingerprint density at radius 1 is 1.25 bits per heavy atom. The lowest BCUT2D eigenvalue weighted by Gasteiger charge is -2.07. The molecular weight excluding hydrogens is 292 g/mol. The zero-order valence-electron chi connectivity index (χ0n) is 11.6. The third-order valence-electron chi connectivity index (χ3n) is 3.11. The second kappa shape index (κ2) is 5.89. The van der Waals surface area contributed by atoms with Crippen LogP contribution in [-0.2, 0) is 16.6 Å². The van der Waals surface area contributed by atoms with Gasteiger partial charge in [0.25, 0.3) is 0 Å². The molecule has 1 aromatic carbocycles. The molecule has 0 amide bonds. The third-order valence-corrected chi connectivity index (χ3v) is 5.69. The number of carboxylic acids is 1. The van der Waals surface area contributed by atoms with Gasteiger partial charge in [-0.15, -0.1) is 11.3 Å². The van der Waals surface area contributed by atoms with Gasteiger partial charge in [0.15, 0.2) is 0 Å². The highest BCUT2D eigenvalue weighted by atomic mass is 32.2. The molecule has 0 aliphatic rings. The van der Waals surface area contributed by atoms with Gasteiger partial charge in [0.2, 0.25) is 0 Å². The monoisotopic (exact) mass is 308 g/mol. The van der Waals surface area contributed by atoms with E-state index in [1.165, 1.54) is 11.3 Å². The summed E-state index contributed by atoms with van der Waals surface area (Å²) in [5.41, 5.74) is 2.93. The standard InChI is InChI=1S/C15H16O3S2/c1-9-4-5-10(2)14(6-9)20(18)8-12-7-13(15(16)17)19-11(12)3/h4-7H,8H2,1-3H3,(H,16,17). The lowest BCUT2D eigenvalue weighted by molar-refractivity contribution is 0.0702. The molecular formula is C15H16O3S2. The van der Waals surface area contributed by atoms with Crippen molar-refractivity contribution in [3.63, 3.8) is 0 Å². The number of rotatable bonds is 4. The molecule has 5 heteroatoms. The third kappa shape index (κ3) is 3.16. The van der Waals surface area contributed by atoms with Crippen LogP contribution in [0.3, 0.4) is 0 Å². The van der Waals surface area contributed by atoms with Crippen molar-refractivity contribution < 1.29 is 14.1 Å². The molecule has 0 saturated heterocycles. The minimum Gasteiger partial charge on any atom is -0.477 e. The fourth-order valence-electron chi connectivity index (χ4n) is 1.94. The van der Waals surface area contributed by atoms with Crippen LogP contribution in [0.5, 0.6) is 0 Å². The lowest BCUT2D eigenvalue weighted by Crippen LogP contribution is -2.00. The zero-order chi connectivity index (χ0) is 14.9. The van der Waals surface area contributed by atoms with E-state index in [-0.39, 0.29) is 0 Å². The molecule has 106 valence electrons. The normalized spacial score (nSPS) is 12.3. The number of hydrogen-bond donors (Lipinski definition) is 1. The van der Waals surface area contributed by atoms with Gasteiger partial charge in [0, 0.05) is 9.77 Å². The SMILES string of the molecule is Cc1ccc(C)c(S(=O)Cc2cc(C(=O)O)sc2C)c1. The Kier molecular flexibility index (Phi) is 4.40. The quantitative estimate of drug-likeness (QED) is 0.937. The molecule has 1 N–H and O–H groups in total. The first-order valence-electron chi connectivity index (χ1n) is 6.16. The van der Waals surface area contributed by atoms with Crippen molar-refractivity contribution in [1.29, 1.82) is 0 Å². The molecule has 20 heavy (non-hydrogen) atoms. The van der Waals surface area contributed by atoms with Crippen LogP contribution in [0.15, 0.2) is 29.2 Å². The Morgan fingerprint density at radius 3 is 2.55 bits per heavy atom. The molecule has 0 bridgehead atoms. The molecule has 2 rings (SSSR count). The van der Waals surface area contributed by atoms with E-state index in [1.54, 1.807) is 6.07 Å². The van der Waals surface area contributed by atoms with Gasteiger partial charge in [0.05, 0.1) is 16.6 Å². The molecule has 0 spiro atoms. The van der Waals surface area contributed by atoms with Crippen molar-refractivity contribution in [1.82, 2.24) is 0 Å². The van der Waals surface area contributed by atoms with Gasteiger partial charge in [-0.2, -0.15) is 0 Å². The molecule has 1 unspecified atom stereocenters. The molecule has 1 atom stereocenters. The molecule has 3 nitrogen and oxygen atoms in total. The molecule has 0 radical (unpaired) electrons. The first-order chi connectivity index (χ1) is 9.38. The number of thiophene rings is 1. The number of aromatic carboxylic acids is 1. The molecule has 0 aliphatic carbocycles. The average molecular weight is 308 g/mol. The van der Waals surface area contributed by atoms with Crippen LogP contribution in [-0.4, -0.2) is 15.3 Å². The van der Waals surface area contributed by atoms with Crippen molar-refractivity contribution >= 4 is 28.1 Å². The van der Waals surface area contributed by atoms with Gasteiger partial charge < -0.3 is 5.11 Å². The Labute approximate surface area is 124 Å². The van der Waals surface area contributed by atoms with E-state index >= 15 is 0 Å². The lowest BCUT2D eigenvalue weighted by atomic mass is 10.2. The summed E-state index contributed by atoms with van der Waals surface area (Å²) < 4.78 is 12.5. The van der Waals surface area contributed by atoms with Crippen molar-refractivity contribution in [2.75, 3.05) is 0 Å². The summed E-state index contributed by atoms with van der Waals surface area (Å²) in [5, 5.41) is 8.99. The van der Waals surface area contributed by atoms with E-state index in [4.69, 9.17) is 5.11 Å². The number of hydrogen-bond acceptors (Lipinski definition) is 3. The first-order valence-corrected chi connectivity index (χ1v) is 8.30. The van der Waals surface area contributed by atoms with Crippen LogP contribution in [0.4, 0.5) is 0 Å².